The molecule has 5 heteroatoms. The Balaban J connectivity index is 1.28. The Bertz CT molecular complexity index is 1290. The van der Waals surface area contributed by atoms with Crippen LogP contribution in [0.2, 0.25) is 0 Å². The van der Waals surface area contributed by atoms with E-state index in [4.69, 9.17) is 9.47 Å². The molecule has 164 valence electrons. The number of rotatable bonds is 8. The van der Waals surface area contributed by atoms with E-state index in [2.05, 4.69) is 22.7 Å². The number of para-hydroxylation sites is 1. The third kappa shape index (κ3) is 5.86. The lowest BCUT2D eigenvalue weighted by Crippen LogP contribution is -2.17. The van der Waals surface area contributed by atoms with Crippen LogP contribution in [-0.2, 0) is 6.61 Å². The maximum Gasteiger partial charge on any atom is 0.271 e. The van der Waals surface area contributed by atoms with Crippen molar-refractivity contribution in [3.8, 4) is 11.5 Å². The molecule has 5 nitrogen and oxygen atoms in total. The average molecular weight is 437 g/mol. The number of amides is 1. The first-order valence-electron chi connectivity index (χ1n) is 10.6. The van der Waals surface area contributed by atoms with E-state index in [-0.39, 0.29) is 5.91 Å². The van der Waals surface area contributed by atoms with Gasteiger partial charge in [-0.15, -0.1) is 0 Å². The predicted molar refractivity (Wildman–Crippen MR) is 133 cm³/mol. The Morgan fingerprint density at radius 2 is 1.67 bits per heavy atom. The quantitative estimate of drug-likeness (QED) is 0.278. The Labute approximate surface area is 193 Å². The van der Waals surface area contributed by atoms with Gasteiger partial charge in [0.1, 0.15) is 18.1 Å². The molecule has 0 aliphatic heterocycles. The van der Waals surface area contributed by atoms with Crippen LogP contribution in [-0.4, -0.2) is 19.2 Å². The van der Waals surface area contributed by atoms with Gasteiger partial charge in [0.25, 0.3) is 5.91 Å². The summed E-state index contributed by atoms with van der Waals surface area (Å²) in [6.07, 6.45) is 5.13. The van der Waals surface area contributed by atoms with E-state index in [0.29, 0.717) is 12.2 Å². The molecule has 0 aliphatic rings. The van der Waals surface area contributed by atoms with Crippen LogP contribution in [0.3, 0.4) is 0 Å². The SMILES string of the molecule is COc1ccccc1/C=C/C=N\NC(=O)c1ccc(COc2ccc3ccccc3c2)cc1. The number of hydrogen-bond acceptors (Lipinski definition) is 4. The van der Waals surface area contributed by atoms with Crippen molar-refractivity contribution in [3.63, 3.8) is 0 Å². The predicted octanol–water partition coefficient (Wildman–Crippen LogP) is 5.86. The van der Waals surface area contributed by atoms with Gasteiger partial charge < -0.3 is 9.47 Å². The summed E-state index contributed by atoms with van der Waals surface area (Å²) in [6.45, 7) is 0.423. The number of allylic oxidation sites excluding steroid dienone is 1. The van der Waals surface area contributed by atoms with Crippen LogP contribution in [0.1, 0.15) is 21.5 Å². The summed E-state index contributed by atoms with van der Waals surface area (Å²) in [5.74, 6) is 1.31. The summed E-state index contributed by atoms with van der Waals surface area (Å²) in [7, 11) is 1.63. The van der Waals surface area contributed by atoms with Crippen LogP contribution in [0.4, 0.5) is 0 Å². The number of benzene rings is 4. The smallest absolute Gasteiger partial charge is 0.271 e. The number of carbonyl (C=O) groups is 1. The number of carbonyl (C=O) groups excluding carboxylic acids is 1. The minimum absolute atomic E-state index is 0.279. The molecular formula is C28H24N2O3. The van der Waals surface area contributed by atoms with Gasteiger partial charge in [-0.1, -0.05) is 60.7 Å². The maximum absolute atomic E-state index is 12.3. The van der Waals surface area contributed by atoms with Gasteiger partial charge in [0.15, 0.2) is 0 Å². The fourth-order valence-corrected chi connectivity index (χ4v) is 3.33. The summed E-state index contributed by atoms with van der Waals surface area (Å²) in [5, 5.41) is 6.28. The molecule has 33 heavy (non-hydrogen) atoms. The molecule has 4 aromatic rings. The van der Waals surface area contributed by atoms with E-state index >= 15 is 0 Å². The van der Waals surface area contributed by atoms with Crippen LogP contribution < -0.4 is 14.9 Å². The van der Waals surface area contributed by atoms with Crippen molar-refractivity contribution >= 4 is 29.0 Å². The lowest BCUT2D eigenvalue weighted by atomic mass is 10.1. The molecule has 4 aromatic carbocycles. The normalized spacial score (nSPS) is 11.2. The van der Waals surface area contributed by atoms with Gasteiger partial charge in [-0.3, -0.25) is 4.79 Å². The molecular weight excluding hydrogens is 412 g/mol. The number of nitrogens with zero attached hydrogens (tertiary/aromatic N) is 1. The molecule has 0 bridgehead atoms. The van der Waals surface area contributed by atoms with Crippen LogP contribution in [0, 0.1) is 0 Å². The van der Waals surface area contributed by atoms with Gasteiger partial charge in [-0.05, 0) is 58.8 Å². The second-order valence-electron chi connectivity index (χ2n) is 7.31. The lowest BCUT2D eigenvalue weighted by Gasteiger charge is -2.08. The van der Waals surface area contributed by atoms with Gasteiger partial charge in [-0.25, -0.2) is 5.43 Å². The van der Waals surface area contributed by atoms with Crippen molar-refractivity contribution in [2.75, 3.05) is 7.11 Å². The first kappa shape index (κ1) is 21.8. The molecule has 0 saturated heterocycles. The zero-order valence-corrected chi connectivity index (χ0v) is 18.3. The zero-order valence-electron chi connectivity index (χ0n) is 18.3. The minimum Gasteiger partial charge on any atom is -0.496 e. The standard InChI is InChI=1S/C28H24N2O3/c1-32-27-11-5-4-8-23(27)10-6-18-29-30-28(31)24-14-12-21(13-15-24)20-33-26-17-16-22-7-2-3-9-25(22)19-26/h2-19H,20H2,1H3,(H,30,31)/b10-6+,29-18-. The third-order valence-electron chi connectivity index (χ3n) is 5.08. The van der Waals surface area contributed by atoms with Crippen molar-refractivity contribution in [1.82, 2.24) is 5.43 Å². The van der Waals surface area contributed by atoms with Gasteiger partial charge in [0, 0.05) is 17.3 Å². The highest BCUT2D eigenvalue weighted by atomic mass is 16.5. The van der Waals surface area contributed by atoms with E-state index in [1.807, 2.05) is 72.8 Å². The number of hydrogen-bond donors (Lipinski definition) is 1. The molecule has 0 spiro atoms. The number of nitrogens with one attached hydrogen (secondary N) is 1. The molecule has 0 aromatic heterocycles. The van der Waals surface area contributed by atoms with Gasteiger partial charge in [0.05, 0.1) is 7.11 Å². The van der Waals surface area contributed by atoms with Gasteiger partial charge >= 0.3 is 0 Å². The maximum atomic E-state index is 12.3. The number of ether oxygens (including phenoxy) is 2. The van der Waals surface area contributed by atoms with Crippen LogP contribution in [0.25, 0.3) is 16.8 Å². The van der Waals surface area contributed by atoms with Gasteiger partial charge in [0.2, 0.25) is 0 Å². The second kappa shape index (κ2) is 10.8. The molecule has 0 radical (unpaired) electrons. The average Bonchev–Trinajstić information content (AvgIpc) is 2.87. The Hall–Kier alpha value is -4.38. The molecule has 0 aliphatic carbocycles. The van der Waals surface area contributed by atoms with Gasteiger partial charge in [-0.2, -0.15) is 5.10 Å². The van der Waals surface area contributed by atoms with E-state index in [1.165, 1.54) is 11.6 Å². The topological polar surface area (TPSA) is 59.9 Å². The van der Waals surface area contributed by atoms with Crippen LogP contribution >= 0.6 is 0 Å². The van der Waals surface area contributed by atoms with E-state index in [1.54, 1.807) is 25.3 Å². The van der Waals surface area contributed by atoms with E-state index in [0.717, 1.165) is 28.0 Å². The first-order valence-corrected chi connectivity index (χ1v) is 10.6. The lowest BCUT2D eigenvalue weighted by molar-refractivity contribution is 0.0955. The molecule has 0 fully saturated rings. The first-order chi connectivity index (χ1) is 16.2. The molecule has 0 unspecified atom stereocenters. The molecule has 1 N–H and O–H groups in total. The third-order valence-corrected chi connectivity index (χ3v) is 5.08. The monoisotopic (exact) mass is 436 g/mol. The fourth-order valence-electron chi connectivity index (χ4n) is 3.33. The summed E-state index contributed by atoms with van der Waals surface area (Å²) in [5.41, 5.74) is 4.95. The highest BCUT2D eigenvalue weighted by Gasteiger charge is 2.05. The fraction of sp³-hybridized carbons (Fsp3) is 0.0714. The summed E-state index contributed by atoms with van der Waals surface area (Å²) in [6, 6.07) is 29.1. The number of fused-ring (bicyclic) bond motifs is 1. The van der Waals surface area contributed by atoms with E-state index in [9.17, 15) is 4.79 Å². The molecule has 0 saturated carbocycles. The van der Waals surface area contributed by atoms with Crippen molar-refractivity contribution in [3.05, 3.63) is 114 Å². The second-order valence-corrected chi connectivity index (χ2v) is 7.31. The Morgan fingerprint density at radius 3 is 2.48 bits per heavy atom. The molecule has 0 atom stereocenters. The summed E-state index contributed by atoms with van der Waals surface area (Å²) < 4.78 is 11.2. The van der Waals surface area contributed by atoms with Crippen molar-refractivity contribution in [2.24, 2.45) is 5.10 Å². The number of methoxy groups -OCH3 is 1. The summed E-state index contributed by atoms with van der Waals surface area (Å²) in [4.78, 5) is 12.3. The summed E-state index contributed by atoms with van der Waals surface area (Å²) >= 11 is 0. The number of hydrazone groups is 1. The zero-order chi connectivity index (χ0) is 22.9. The largest absolute Gasteiger partial charge is 0.496 e. The van der Waals surface area contributed by atoms with Crippen molar-refractivity contribution in [2.45, 2.75) is 6.61 Å². The molecule has 1 amide bonds. The van der Waals surface area contributed by atoms with Crippen LogP contribution in [0.15, 0.2) is 102 Å². The minimum atomic E-state index is -0.279. The van der Waals surface area contributed by atoms with Crippen LogP contribution in [0.5, 0.6) is 11.5 Å². The van der Waals surface area contributed by atoms with Crippen molar-refractivity contribution in [1.29, 1.82) is 0 Å². The molecule has 0 heterocycles. The van der Waals surface area contributed by atoms with Crippen molar-refractivity contribution < 1.29 is 14.3 Å². The van der Waals surface area contributed by atoms with E-state index < -0.39 is 0 Å². The Kier molecular flexibility index (Phi) is 7.13. The highest BCUT2D eigenvalue weighted by Crippen LogP contribution is 2.21. The molecule has 4 rings (SSSR count). The highest BCUT2D eigenvalue weighted by molar-refractivity contribution is 5.94. The Morgan fingerprint density at radius 1 is 0.909 bits per heavy atom.